The van der Waals surface area contributed by atoms with Gasteiger partial charge in [-0.3, -0.25) is 5.43 Å². The maximum absolute atomic E-state index is 5.45. The van der Waals surface area contributed by atoms with Gasteiger partial charge in [0.1, 0.15) is 0 Å². The lowest BCUT2D eigenvalue weighted by molar-refractivity contribution is 0.827. The SMILES string of the molecule is NNc1nc(Sc2ccccc2)nc(N2CCCC2)n1. The highest BCUT2D eigenvalue weighted by molar-refractivity contribution is 7.99. The fraction of sp³-hybridized carbons (Fsp3) is 0.308. The maximum atomic E-state index is 5.45. The molecular weight excluding hydrogens is 272 g/mol. The quantitative estimate of drug-likeness (QED) is 0.657. The van der Waals surface area contributed by atoms with E-state index in [9.17, 15) is 0 Å². The Bertz CT molecular complexity index is 570. The van der Waals surface area contributed by atoms with Crippen LogP contribution in [0.1, 0.15) is 12.8 Å². The summed E-state index contributed by atoms with van der Waals surface area (Å²) in [5.41, 5.74) is 2.51. The Hall–Kier alpha value is -1.86. The minimum absolute atomic E-state index is 0.403. The molecule has 0 aliphatic carbocycles. The minimum Gasteiger partial charge on any atom is -0.341 e. The third-order valence-electron chi connectivity index (χ3n) is 3.07. The molecule has 3 rings (SSSR count). The Balaban J connectivity index is 1.87. The van der Waals surface area contributed by atoms with E-state index in [1.165, 1.54) is 24.6 Å². The molecular formula is C13H16N6S. The van der Waals surface area contributed by atoms with Crippen LogP contribution in [0.15, 0.2) is 40.4 Å². The maximum Gasteiger partial charge on any atom is 0.242 e. The molecule has 2 aromatic rings. The highest BCUT2D eigenvalue weighted by atomic mass is 32.2. The first-order valence-corrected chi connectivity index (χ1v) is 7.37. The summed E-state index contributed by atoms with van der Waals surface area (Å²) in [6.45, 7) is 1.98. The number of anilines is 2. The van der Waals surface area contributed by atoms with Gasteiger partial charge in [0.2, 0.25) is 11.9 Å². The smallest absolute Gasteiger partial charge is 0.242 e. The van der Waals surface area contributed by atoms with Gasteiger partial charge in [0, 0.05) is 18.0 Å². The zero-order chi connectivity index (χ0) is 13.8. The van der Waals surface area contributed by atoms with Crippen LogP contribution in [-0.2, 0) is 0 Å². The molecule has 0 amide bonds. The van der Waals surface area contributed by atoms with Crippen LogP contribution in [0.5, 0.6) is 0 Å². The van der Waals surface area contributed by atoms with Crippen molar-refractivity contribution in [3.8, 4) is 0 Å². The molecule has 0 bridgehead atoms. The van der Waals surface area contributed by atoms with E-state index in [0.29, 0.717) is 17.1 Å². The number of hydrogen-bond acceptors (Lipinski definition) is 7. The van der Waals surface area contributed by atoms with Crippen LogP contribution in [0.25, 0.3) is 0 Å². The molecule has 0 spiro atoms. The van der Waals surface area contributed by atoms with Crippen molar-refractivity contribution < 1.29 is 0 Å². The number of benzene rings is 1. The second-order valence-electron chi connectivity index (χ2n) is 4.50. The number of hydrogen-bond donors (Lipinski definition) is 2. The van der Waals surface area contributed by atoms with E-state index in [2.05, 4.69) is 25.3 Å². The molecule has 6 nitrogen and oxygen atoms in total. The number of rotatable bonds is 4. The van der Waals surface area contributed by atoms with Gasteiger partial charge in [0.15, 0.2) is 5.16 Å². The van der Waals surface area contributed by atoms with E-state index in [1.807, 2.05) is 30.3 Å². The Morgan fingerprint density at radius 3 is 2.50 bits per heavy atom. The van der Waals surface area contributed by atoms with Crippen LogP contribution in [0, 0.1) is 0 Å². The monoisotopic (exact) mass is 288 g/mol. The molecule has 1 aromatic carbocycles. The Kier molecular flexibility index (Phi) is 3.98. The molecule has 0 radical (unpaired) electrons. The molecule has 2 heterocycles. The predicted molar refractivity (Wildman–Crippen MR) is 79.6 cm³/mol. The van der Waals surface area contributed by atoms with Gasteiger partial charge in [-0.05, 0) is 36.7 Å². The molecule has 0 saturated carbocycles. The summed E-state index contributed by atoms with van der Waals surface area (Å²) in [7, 11) is 0. The normalized spacial score (nSPS) is 14.6. The molecule has 7 heteroatoms. The van der Waals surface area contributed by atoms with Gasteiger partial charge in [-0.15, -0.1) is 0 Å². The van der Waals surface area contributed by atoms with Gasteiger partial charge in [-0.25, -0.2) is 5.84 Å². The zero-order valence-corrected chi connectivity index (χ0v) is 11.8. The second kappa shape index (κ2) is 6.06. The van der Waals surface area contributed by atoms with Crippen molar-refractivity contribution in [2.24, 2.45) is 5.84 Å². The van der Waals surface area contributed by atoms with Crippen molar-refractivity contribution in [3.05, 3.63) is 30.3 Å². The zero-order valence-electron chi connectivity index (χ0n) is 11.0. The van der Waals surface area contributed by atoms with E-state index in [1.54, 1.807) is 0 Å². The Morgan fingerprint density at radius 1 is 1.05 bits per heavy atom. The lowest BCUT2D eigenvalue weighted by Crippen LogP contribution is -2.22. The van der Waals surface area contributed by atoms with Crippen molar-refractivity contribution in [1.29, 1.82) is 0 Å². The number of nitrogen functional groups attached to an aromatic ring is 1. The Morgan fingerprint density at radius 2 is 1.80 bits per heavy atom. The van der Waals surface area contributed by atoms with Gasteiger partial charge in [0.25, 0.3) is 0 Å². The van der Waals surface area contributed by atoms with Crippen molar-refractivity contribution in [2.45, 2.75) is 22.9 Å². The third kappa shape index (κ3) is 3.00. The van der Waals surface area contributed by atoms with E-state index < -0.39 is 0 Å². The van der Waals surface area contributed by atoms with Gasteiger partial charge < -0.3 is 4.90 Å². The summed E-state index contributed by atoms with van der Waals surface area (Å²) in [4.78, 5) is 16.4. The summed E-state index contributed by atoms with van der Waals surface area (Å²) in [5.74, 6) is 6.55. The molecule has 1 aliphatic heterocycles. The first-order chi connectivity index (χ1) is 9.85. The van der Waals surface area contributed by atoms with Crippen molar-refractivity contribution >= 4 is 23.7 Å². The number of nitrogens with zero attached hydrogens (tertiary/aromatic N) is 4. The standard InChI is InChI=1S/C13H16N6S/c14-18-11-15-12(19-8-4-5-9-19)17-13(16-11)20-10-6-2-1-3-7-10/h1-3,6-7H,4-5,8-9,14H2,(H,15,16,17,18). The largest absolute Gasteiger partial charge is 0.341 e. The van der Waals surface area contributed by atoms with Crippen molar-refractivity contribution in [1.82, 2.24) is 15.0 Å². The molecule has 104 valence electrons. The first-order valence-electron chi connectivity index (χ1n) is 6.56. The lowest BCUT2D eigenvalue weighted by Gasteiger charge is -2.16. The van der Waals surface area contributed by atoms with Crippen LogP contribution in [-0.4, -0.2) is 28.0 Å². The highest BCUT2D eigenvalue weighted by Gasteiger charge is 2.17. The van der Waals surface area contributed by atoms with Gasteiger partial charge in [-0.2, -0.15) is 15.0 Å². The van der Waals surface area contributed by atoms with E-state index in [-0.39, 0.29) is 0 Å². The summed E-state index contributed by atoms with van der Waals surface area (Å²) >= 11 is 1.51. The van der Waals surface area contributed by atoms with Gasteiger partial charge in [-0.1, -0.05) is 18.2 Å². The molecule has 1 aliphatic rings. The summed E-state index contributed by atoms with van der Waals surface area (Å²) in [6.07, 6.45) is 2.36. The average Bonchev–Trinajstić information content (AvgIpc) is 3.02. The van der Waals surface area contributed by atoms with E-state index in [0.717, 1.165) is 18.0 Å². The van der Waals surface area contributed by atoms with Crippen LogP contribution in [0.2, 0.25) is 0 Å². The summed E-state index contributed by atoms with van der Waals surface area (Å²) in [6, 6.07) is 10.0. The second-order valence-corrected chi connectivity index (χ2v) is 5.54. The molecule has 0 atom stereocenters. The number of aromatic nitrogens is 3. The van der Waals surface area contributed by atoms with Crippen molar-refractivity contribution in [3.63, 3.8) is 0 Å². The summed E-state index contributed by atoms with van der Waals surface area (Å²) in [5, 5.41) is 0.654. The topological polar surface area (TPSA) is 80.0 Å². The highest BCUT2D eigenvalue weighted by Crippen LogP contribution is 2.27. The molecule has 1 aromatic heterocycles. The van der Waals surface area contributed by atoms with Crippen molar-refractivity contribution in [2.75, 3.05) is 23.4 Å². The molecule has 1 saturated heterocycles. The minimum atomic E-state index is 0.403. The molecule has 1 fully saturated rings. The summed E-state index contributed by atoms with van der Waals surface area (Å²) < 4.78 is 0. The number of nitrogens with one attached hydrogen (secondary N) is 1. The Labute approximate surface area is 121 Å². The predicted octanol–water partition coefficient (Wildman–Crippen LogP) is 1.91. The van der Waals surface area contributed by atoms with Gasteiger partial charge in [0.05, 0.1) is 0 Å². The average molecular weight is 288 g/mol. The third-order valence-corrected chi connectivity index (χ3v) is 3.95. The number of nitrogens with two attached hydrogens (primary N) is 1. The van der Waals surface area contributed by atoms with E-state index >= 15 is 0 Å². The molecule has 20 heavy (non-hydrogen) atoms. The van der Waals surface area contributed by atoms with Crippen LogP contribution < -0.4 is 16.2 Å². The van der Waals surface area contributed by atoms with Crippen LogP contribution in [0.3, 0.4) is 0 Å². The lowest BCUT2D eigenvalue weighted by atomic mass is 10.4. The molecule has 3 N–H and O–H groups in total. The fourth-order valence-corrected chi connectivity index (χ4v) is 2.87. The number of hydrazine groups is 1. The fourth-order valence-electron chi connectivity index (χ4n) is 2.11. The van der Waals surface area contributed by atoms with Gasteiger partial charge >= 0.3 is 0 Å². The van der Waals surface area contributed by atoms with Crippen LogP contribution in [0.4, 0.5) is 11.9 Å². The van der Waals surface area contributed by atoms with Crippen LogP contribution >= 0.6 is 11.8 Å². The first kappa shape index (κ1) is 13.1. The molecule has 0 unspecified atom stereocenters. The van der Waals surface area contributed by atoms with E-state index in [4.69, 9.17) is 5.84 Å².